The van der Waals surface area contributed by atoms with Crippen LogP contribution in [0.1, 0.15) is 68.1 Å². The van der Waals surface area contributed by atoms with Crippen LogP contribution < -0.4 is 16.3 Å². The van der Waals surface area contributed by atoms with Crippen molar-refractivity contribution in [3.63, 3.8) is 0 Å². The minimum absolute atomic E-state index is 0.00115. The summed E-state index contributed by atoms with van der Waals surface area (Å²) in [6, 6.07) is 18.3. The number of rotatable bonds is 14. The van der Waals surface area contributed by atoms with E-state index in [1.165, 1.54) is 0 Å². The molecule has 4 aromatic rings. The highest BCUT2D eigenvalue weighted by Gasteiger charge is 2.33. The number of hydrogen-bond acceptors (Lipinski definition) is 10. The van der Waals surface area contributed by atoms with E-state index in [9.17, 15) is 14.7 Å². The number of aromatic nitrogens is 1. The molecule has 1 saturated heterocycles. The fourth-order valence-electron chi connectivity index (χ4n) is 5.77. The third kappa shape index (κ3) is 8.45. The number of aliphatic hydroxyl groups excluding tert-OH is 1. The SMILES string of the molecule is CCC(C)CCn1c2ccc(C(=O)c3ccc(OCC4COC(C)(C)O4)cc3)cc2c2cc(C(O)/C(CCl)=N/OC(=O)N(N)/C=C\N)ccc21. The third-order valence-corrected chi connectivity index (χ3v) is 9.05. The van der Waals surface area contributed by atoms with E-state index in [2.05, 4.69) is 23.6 Å². The molecule has 3 atom stereocenters. The molecule has 3 aromatic carbocycles. The van der Waals surface area contributed by atoms with Gasteiger partial charge < -0.3 is 29.6 Å². The number of aliphatic hydroxyl groups is 1. The maximum atomic E-state index is 13.7. The topological polar surface area (TPSA) is 164 Å². The van der Waals surface area contributed by atoms with Crippen LogP contribution >= 0.6 is 11.6 Å². The minimum Gasteiger partial charge on any atom is -0.491 e. The van der Waals surface area contributed by atoms with Crippen molar-refractivity contribution < 1.29 is 33.7 Å². The van der Waals surface area contributed by atoms with E-state index in [4.69, 9.17) is 42.2 Å². The Kier molecular flexibility index (Phi) is 11.8. The molecule has 1 aliphatic heterocycles. The smallest absolute Gasteiger partial charge is 0.454 e. The van der Waals surface area contributed by atoms with E-state index in [0.717, 1.165) is 53.6 Å². The molecule has 0 bridgehead atoms. The maximum absolute atomic E-state index is 13.7. The quantitative estimate of drug-likeness (QED) is 0.0258. The molecule has 2 heterocycles. The molecule has 5 N–H and O–H groups in total. The molecule has 0 radical (unpaired) electrons. The largest absolute Gasteiger partial charge is 0.491 e. The molecule has 13 heteroatoms. The van der Waals surface area contributed by atoms with Crippen molar-refractivity contribution in [3.8, 4) is 5.75 Å². The van der Waals surface area contributed by atoms with Crippen molar-refractivity contribution in [1.29, 1.82) is 0 Å². The second kappa shape index (κ2) is 16.0. The van der Waals surface area contributed by atoms with Gasteiger partial charge >= 0.3 is 6.09 Å². The zero-order valence-corrected chi connectivity index (χ0v) is 29.4. The number of amides is 1. The summed E-state index contributed by atoms with van der Waals surface area (Å²) in [7, 11) is 0. The van der Waals surface area contributed by atoms with Gasteiger partial charge in [-0.05, 0) is 86.3 Å². The maximum Gasteiger partial charge on any atom is 0.454 e. The van der Waals surface area contributed by atoms with Gasteiger partial charge in [-0.2, -0.15) is 0 Å². The van der Waals surface area contributed by atoms with Gasteiger partial charge in [0.1, 0.15) is 30.3 Å². The first kappa shape index (κ1) is 36.8. The first-order valence-electron chi connectivity index (χ1n) is 16.5. The van der Waals surface area contributed by atoms with E-state index >= 15 is 0 Å². The Morgan fingerprint density at radius 1 is 1.12 bits per heavy atom. The fraction of sp³-hybridized carbons (Fsp3) is 0.378. The molecule has 1 aromatic heterocycles. The first-order valence-corrected chi connectivity index (χ1v) is 17.1. The average Bonchev–Trinajstić information content (AvgIpc) is 3.64. The van der Waals surface area contributed by atoms with Crippen LogP contribution in [0, 0.1) is 5.92 Å². The monoisotopic (exact) mass is 705 g/mol. The van der Waals surface area contributed by atoms with Gasteiger partial charge in [0.05, 0.1) is 12.5 Å². The zero-order chi connectivity index (χ0) is 36.0. The summed E-state index contributed by atoms with van der Waals surface area (Å²) in [4.78, 5) is 30.7. The fourth-order valence-corrected chi connectivity index (χ4v) is 5.96. The molecule has 50 heavy (non-hydrogen) atoms. The van der Waals surface area contributed by atoms with Crippen LogP contribution in [0.2, 0.25) is 0 Å². The lowest BCUT2D eigenvalue weighted by atomic mass is 9.99. The number of hydrogen-bond donors (Lipinski definition) is 3. The molecule has 1 aliphatic rings. The average molecular weight is 706 g/mol. The molecular weight excluding hydrogens is 662 g/mol. The van der Waals surface area contributed by atoms with Crippen LogP contribution in [0.5, 0.6) is 5.75 Å². The Labute approximate surface area is 296 Å². The number of hydrazine groups is 1. The summed E-state index contributed by atoms with van der Waals surface area (Å²) in [5, 5.41) is 17.3. The summed E-state index contributed by atoms with van der Waals surface area (Å²) in [5.41, 5.74) is 8.69. The van der Waals surface area contributed by atoms with Crippen molar-refractivity contribution in [2.45, 2.75) is 65.1 Å². The number of alkyl halides is 1. The Morgan fingerprint density at radius 3 is 2.44 bits per heavy atom. The van der Waals surface area contributed by atoms with Gasteiger partial charge in [-0.25, -0.2) is 15.6 Å². The van der Waals surface area contributed by atoms with E-state index in [-0.39, 0.29) is 23.5 Å². The highest BCUT2D eigenvalue weighted by Crippen LogP contribution is 2.34. The second-order valence-electron chi connectivity index (χ2n) is 12.8. The van der Waals surface area contributed by atoms with Crippen molar-refractivity contribution in [2.24, 2.45) is 22.6 Å². The number of fused-ring (bicyclic) bond motifs is 3. The van der Waals surface area contributed by atoms with Crippen molar-refractivity contribution >= 4 is 51.0 Å². The Balaban J connectivity index is 1.44. The lowest BCUT2D eigenvalue weighted by Crippen LogP contribution is -2.32. The molecule has 0 spiro atoms. The lowest BCUT2D eigenvalue weighted by Gasteiger charge is -2.17. The lowest BCUT2D eigenvalue weighted by molar-refractivity contribution is -0.141. The van der Waals surface area contributed by atoms with E-state index in [1.54, 1.807) is 30.3 Å². The molecule has 1 amide bonds. The number of aryl methyl sites for hydroxylation is 1. The van der Waals surface area contributed by atoms with Crippen LogP contribution in [0.4, 0.5) is 4.79 Å². The molecule has 0 aliphatic carbocycles. The summed E-state index contributed by atoms with van der Waals surface area (Å²) in [6.45, 7) is 9.71. The van der Waals surface area contributed by atoms with Crippen molar-refractivity contribution in [3.05, 3.63) is 89.8 Å². The summed E-state index contributed by atoms with van der Waals surface area (Å²) >= 11 is 6.10. The number of nitrogens with two attached hydrogens (primary N) is 2. The second-order valence-corrected chi connectivity index (χ2v) is 13.1. The van der Waals surface area contributed by atoms with Gasteiger partial charge in [-0.15, -0.1) is 11.6 Å². The molecule has 266 valence electrons. The highest BCUT2D eigenvalue weighted by molar-refractivity contribution is 6.29. The van der Waals surface area contributed by atoms with Gasteiger partial charge in [-0.3, -0.25) is 9.63 Å². The first-order chi connectivity index (χ1) is 23.9. The van der Waals surface area contributed by atoms with Crippen LogP contribution in [-0.4, -0.2) is 63.3 Å². The molecule has 12 nitrogen and oxygen atoms in total. The molecule has 5 rings (SSSR count). The molecule has 1 fully saturated rings. The number of carbonyl (C=O) groups excluding carboxylic acids is 2. The van der Waals surface area contributed by atoms with Gasteiger partial charge in [0, 0.05) is 51.9 Å². The summed E-state index contributed by atoms with van der Waals surface area (Å²) in [5.74, 6) is 5.69. The van der Waals surface area contributed by atoms with E-state index in [1.807, 2.05) is 44.2 Å². The van der Waals surface area contributed by atoms with E-state index < -0.39 is 18.0 Å². The number of oxime groups is 1. The predicted octanol–water partition coefficient (Wildman–Crippen LogP) is 6.36. The number of ether oxygens (including phenoxy) is 3. The number of benzene rings is 3. The Morgan fingerprint density at radius 2 is 1.80 bits per heavy atom. The highest BCUT2D eigenvalue weighted by atomic mass is 35.5. The third-order valence-electron chi connectivity index (χ3n) is 8.78. The number of carbonyl (C=O) groups is 2. The number of ketones is 1. The molecular formula is C37H44ClN5O7. The van der Waals surface area contributed by atoms with Gasteiger partial charge in [-0.1, -0.05) is 31.5 Å². The van der Waals surface area contributed by atoms with Crippen molar-refractivity contribution in [2.75, 3.05) is 19.1 Å². The normalized spacial score (nSPS) is 17.3. The van der Waals surface area contributed by atoms with Crippen LogP contribution in [-0.2, 0) is 20.9 Å². The summed E-state index contributed by atoms with van der Waals surface area (Å²) in [6.07, 6.45) is 1.71. The Hall–Kier alpha value is -4.46. The van der Waals surface area contributed by atoms with Crippen molar-refractivity contribution in [1.82, 2.24) is 9.58 Å². The van der Waals surface area contributed by atoms with E-state index in [0.29, 0.717) is 46.6 Å². The van der Waals surface area contributed by atoms with Gasteiger partial charge in [0.25, 0.3) is 0 Å². The molecule has 0 saturated carbocycles. The molecule has 3 unspecified atom stereocenters. The standard InChI is InChI=1S/C37H44ClN5O7/c1-5-23(2)14-16-42-32-12-8-25(34(44)24-6-10-27(11-7-24)47-21-28-22-48-37(3,4)49-28)18-29(32)30-19-26(9-13-33(30)42)35(45)31(20-38)41-50-36(46)43(40)17-15-39/h6-13,15,17-19,23,28,35,45H,5,14,16,20-22,39-40H2,1-4H3/b17-15-,41-31+. The summed E-state index contributed by atoms with van der Waals surface area (Å²) < 4.78 is 19.5. The Bertz CT molecular complexity index is 1890. The van der Waals surface area contributed by atoms with Crippen LogP contribution in [0.3, 0.4) is 0 Å². The minimum atomic E-state index is -1.29. The van der Waals surface area contributed by atoms with Gasteiger partial charge in [0.15, 0.2) is 11.6 Å². The van der Waals surface area contributed by atoms with Crippen LogP contribution in [0.15, 0.2) is 78.2 Å². The number of nitrogens with zero attached hydrogens (tertiary/aromatic N) is 3. The number of halogens is 1. The predicted molar refractivity (Wildman–Crippen MR) is 193 cm³/mol. The zero-order valence-electron chi connectivity index (χ0n) is 28.7. The van der Waals surface area contributed by atoms with Gasteiger partial charge in [0.2, 0.25) is 0 Å². The van der Waals surface area contributed by atoms with Crippen LogP contribution in [0.25, 0.3) is 21.8 Å².